The minimum Gasteiger partial charge on any atom is -0.347 e. The van der Waals surface area contributed by atoms with Crippen LogP contribution < -0.4 is 5.32 Å². The lowest BCUT2D eigenvalue weighted by molar-refractivity contribution is -0.133. The van der Waals surface area contributed by atoms with Gasteiger partial charge < -0.3 is 10.2 Å². The van der Waals surface area contributed by atoms with Gasteiger partial charge in [0.25, 0.3) is 0 Å². The maximum Gasteiger partial charge on any atom is 0.242 e. The minimum absolute atomic E-state index is 0.0526. The van der Waals surface area contributed by atoms with Gasteiger partial charge in [-0.05, 0) is 12.5 Å². The van der Waals surface area contributed by atoms with Crippen LogP contribution in [0, 0.1) is 0 Å². The first kappa shape index (κ1) is 14.2. The molecule has 4 heteroatoms. The molecule has 0 aromatic heterocycles. The van der Waals surface area contributed by atoms with Crippen LogP contribution in [0.2, 0.25) is 0 Å². The van der Waals surface area contributed by atoms with Crippen molar-refractivity contribution in [3.05, 3.63) is 35.9 Å². The molecule has 2 amide bonds. The van der Waals surface area contributed by atoms with Crippen LogP contribution in [-0.4, -0.2) is 29.8 Å². The van der Waals surface area contributed by atoms with E-state index in [1.165, 1.54) is 0 Å². The van der Waals surface area contributed by atoms with Gasteiger partial charge in [-0.2, -0.15) is 0 Å². The summed E-state index contributed by atoms with van der Waals surface area (Å²) in [6.45, 7) is 4.99. The molecule has 1 aromatic rings. The van der Waals surface area contributed by atoms with Crippen LogP contribution in [0.5, 0.6) is 0 Å². The summed E-state index contributed by atoms with van der Waals surface area (Å²) in [5.41, 5.74) is 1.09. The zero-order chi connectivity index (χ0) is 13.4. The van der Waals surface area contributed by atoms with Crippen molar-refractivity contribution >= 4 is 11.8 Å². The molecule has 4 nitrogen and oxygen atoms in total. The van der Waals surface area contributed by atoms with Crippen molar-refractivity contribution in [2.24, 2.45) is 0 Å². The predicted octanol–water partition coefficient (Wildman–Crippen LogP) is 1.56. The predicted molar refractivity (Wildman–Crippen MR) is 70.8 cm³/mol. The topological polar surface area (TPSA) is 49.4 Å². The Hall–Kier alpha value is -1.84. The SMILES string of the molecule is CCC(=O)NCC(=O)N(CC)Cc1ccccc1. The Balaban J connectivity index is 2.50. The molecule has 1 aromatic carbocycles. The van der Waals surface area contributed by atoms with Crippen molar-refractivity contribution in [1.29, 1.82) is 0 Å². The molecule has 0 aliphatic heterocycles. The molecule has 98 valence electrons. The minimum atomic E-state index is -0.0980. The summed E-state index contributed by atoms with van der Waals surface area (Å²) >= 11 is 0. The molecule has 0 heterocycles. The number of likely N-dealkylation sites (N-methyl/N-ethyl adjacent to an activating group) is 1. The third-order valence-corrected chi connectivity index (χ3v) is 2.71. The van der Waals surface area contributed by atoms with Crippen molar-refractivity contribution in [3.63, 3.8) is 0 Å². The standard InChI is InChI=1S/C14H20N2O2/c1-3-13(17)15-10-14(18)16(4-2)11-12-8-6-5-7-9-12/h5-9H,3-4,10-11H2,1-2H3,(H,15,17). The fourth-order valence-electron chi connectivity index (χ4n) is 1.59. The van der Waals surface area contributed by atoms with Crippen molar-refractivity contribution in [3.8, 4) is 0 Å². The van der Waals surface area contributed by atoms with Crippen molar-refractivity contribution in [1.82, 2.24) is 10.2 Å². The molecule has 1 N–H and O–H groups in total. The number of nitrogens with one attached hydrogen (secondary N) is 1. The molecule has 0 aliphatic rings. The molecule has 0 unspecified atom stereocenters. The molecule has 0 saturated heterocycles. The first-order valence-corrected chi connectivity index (χ1v) is 6.25. The normalized spacial score (nSPS) is 9.89. The van der Waals surface area contributed by atoms with Crippen molar-refractivity contribution in [2.75, 3.05) is 13.1 Å². The van der Waals surface area contributed by atoms with Crippen LogP contribution in [0.3, 0.4) is 0 Å². The van der Waals surface area contributed by atoms with E-state index in [9.17, 15) is 9.59 Å². The Bertz CT molecular complexity index is 390. The molecule has 0 bridgehead atoms. The lowest BCUT2D eigenvalue weighted by Crippen LogP contribution is -2.39. The van der Waals surface area contributed by atoms with Crippen molar-refractivity contribution in [2.45, 2.75) is 26.8 Å². The lowest BCUT2D eigenvalue weighted by Gasteiger charge is -2.21. The van der Waals surface area contributed by atoms with Crippen LogP contribution in [0.25, 0.3) is 0 Å². The van der Waals surface area contributed by atoms with Crippen LogP contribution in [0.15, 0.2) is 30.3 Å². The van der Waals surface area contributed by atoms with E-state index in [4.69, 9.17) is 0 Å². The van der Waals surface area contributed by atoms with Gasteiger partial charge in [0.2, 0.25) is 11.8 Å². The Morgan fingerprint density at radius 3 is 2.39 bits per heavy atom. The van der Waals surface area contributed by atoms with E-state index in [-0.39, 0.29) is 18.4 Å². The summed E-state index contributed by atoms with van der Waals surface area (Å²) in [6, 6.07) is 9.82. The Morgan fingerprint density at radius 2 is 1.83 bits per heavy atom. The molecular formula is C14H20N2O2. The fraction of sp³-hybridized carbons (Fsp3) is 0.429. The Labute approximate surface area is 108 Å². The second-order valence-corrected chi connectivity index (χ2v) is 4.02. The average Bonchev–Trinajstić information content (AvgIpc) is 2.42. The highest BCUT2D eigenvalue weighted by Gasteiger charge is 2.12. The Morgan fingerprint density at radius 1 is 1.17 bits per heavy atom. The van der Waals surface area contributed by atoms with Gasteiger partial charge in [0, 0.05) is 19.5 Å². The van der Waals surface area contributed by atoms with E-state index in [0.717, 1.165) is 5.56 Å². The summed E-state index contributed by atoms with van der Waals surface area (Å²) in [5, 5.41) is 2.60. The molecule has 0 saturated carbocycles. The van der Waals surface area contributed by atoms with Crippen molar-refractivity contribution < 1.29 is 9.59 Å². The first-order valence-electron chi connectivity index (χ1n) is 6.25. The number of carbonyl (C=O) groups excluding carboxylic acids is 2. The zero-order valence-corrected chi connectivity index (χ0v) is 11.0. The fourth-order valence-corrected chi connectivity index (χ4v) is 1.59. The van der Waals surface area contributed by atoms with Gasteiger partial charge >= 0.3 is 0 Å². The second kappa shape index (κ2) is 7.48. The molecule has 0 atom stereocenters. The van der Waals surface area contributed by atoms with Gasteiger partial charge in [-0.1, -0.05) is 37.3 Å². The summed E-state index contributed by atoms with van der Waals surface area (Å²) in [7, 11) is 0. The number of hydrogen-bond donors (Lipinski definition) is 1. The van der Waals surface area contributed by atoms with Gasteiger partial charge in [0.15, 0.2) is 0 Å². The third-order valence-electron chi connectivity index (χ3n) is 2.71. The Kier molecular flexibility index (Phi) is 5.91. The van der Waals surface area contributed by atoms with Crippen LogP contribution in [0.4, 0.5) is 0 Å². The van der Waals surface area contributed by atoms with Gasteiger partial charge in [0.05, 0.1) is 6.54 Å². The first-order chi connectivity index (χ1) is 8.67. The molecule has 0 fully saturated rings. The highest BCUT2D eigenvalue weighted by molar-refractivity contribution is 5.84. The van der Waals surface area contributed by atoms with E-state index in [2.05, 4.69) is 5.32 Å². The summed E-state index contributed by atoms with van der Waals surface area (Å²) in [5.74, 6) is -0.151. The highest BCUT2D eigenvalue weighted by Crippen LogP contribution is 2.04. The van der Waals surface area contributed by atoms with Crippen LogP contribution in [-0.2, 0) is 16.1 Å². The number of benzene rings is 1. The average molecular weight is 248 g/mol. The van der Waals surface area contributed by atoms with Gasteiger partial charge in [0.1, 0.15) is 0 Å². The number of nitrogens with zero attached hydrogens (tertiary/aromatic N) is 1. The molecule has 1 rings (SSSR count). The monoisotopic (exact) mass is 248 g/mol. The molecule has 0 radical (unpaired) electrons. The molecule has 0 aliphatic carbocycles. The lowest BCUT2D eigenvalue weighted by atomic mass is 10.2. The van der Waals surface area contributed by atoms with E-state index >= 15 is 0 Å². The quantitative estimate of drug-likeness (QED) is 0.830. The third kappa shape index (κ3) is 4.57. The molecular weight excluding hydrogens is 228 g/mol. The number of carbonyl (C=O) groups is 2. The van der Waals surface area contributed by atoms with E-state index in [0.29, 0.717) is 19.5 Å². The summed E-state index contributed by atoms with van der Waals surface area (Å²) in [6.07, 6.45) is 0.401. The van der Waals surface area contributed by atoms with Gasteiger partial charge in [-0.25, -0.2) is 0 Å². The van der Waals surface area contributed by atoms with Crippen LogP contribution in [0.1, 0.15) is 25.8 Å². The largest absolute Gasteiger partial charge is 0.347 e. The van der Waals surface area contributed by atoms with Gasteiger partial charge in [-0.3, -0.25) is 9.59 Å². The number of amides is 2. The maximum atomic E-state index is 11.9. The van der Waals surface area contributed by atoms with E-state index in [1.54, 1.807) is 11.8 Å². The smallest absolute Gasteiger partial charge is 0.242 e. The maximum absolute atomic E-state index is 11.9. The van der Waals surface area contributed by atoms with E-state index < -0.39 is 0 Å². The highest BCUT2D eigenvalue weighted by atomic mass is 16.2. The van der Waals surface area contributed by atoms with Crippen LogP contribution >= 0.6 is 0 Å². The number of rotatable bonds is 6. The number of hydrogen-bond acceptors (Lipinski definition) is 2. The van der Waals surface area contributed by atoms with Gasteiger partial charge in [-0.15, -0.1) is 0 Å². The summed E-state index contributed by atoms with van der Waals surface area (Å²) < 4.78 is 0. The summed E-state index contributed by atoms with van der Waals surface area (Å²) in [4.78, 5) is 24.7. The molecule has 18 heavy (non-hydrogen) atoms. The second-order valence-electron chi connectivity index (χ2n) is 4.02. The molecule has 0 spiro atoms. The zero-order valence-electron chi connectivity index (χ0n) is 11.0. The van der Waals surface area contributed by atoms with E-state index in [1.807, 2.05) is 37.3 Å².